The minimum absolute atomic E-state index is 0.190. The zero-order chi connectivity index (χ0) is 16.8. The van der Waals surface area contributed by atoms with Crippen molar-refractivity contribution in [2.75, 3.05) is 0 Å². The minimum Gasteiger partial charge on any atom is -0.427 e. The van der Waals surface area contributed by atoms with Crippen molar-refractivity contribution in [2.45, 2.75) is 19.3 Å². The lowest BCUT2D eigenvalue weighted by molar-refractivity contribution is -0.134. The van der Waals surface area contributed by atoms with Gasteiger partial charge in [0.1, 0.15) is 9.57 Å². The molecule has 0 saturated carbocycles. The number of carbonyl (C=O) groups is 1. The molecule has 2 nitrogen and oxygen atoms in total. The van der Waals surface area contributed by atoms with E-state index in [2.05, 4.69) is 12.1 Å². The number of aryl methyl sites for hydroxylation is 1. The zero-order valence-corrected chi connectivity index (χ0v) is 15.4. The molecule has 0 unspecified atom stereocenters. The van der Waals surface area contributed by atoms with E-state index in [9.17, 15) is 4.79 Å². The zero-order valence-electron chi connectivity index (χ0n) is 12.9. The summed E-state index contributed by atoms with van der Waals surface area (Å²) in [7, 11) is 3.25. The lowest BCUT2D eigenvalue weighted by Gasteiger charge is -2.05. The molecule has 2 aromatic carbocycles. The first-order valence-electron chi connectivity index (χ1n) is 7.66. The molecule has 0 fully saturated rings. The average molecular weight is 373 g/mol. The Hall–Kier alpha value is -1.82. The summed E-state index contributed by atoms with van der Waals surface area (Å²) in [6.45, 7) is 0. The van der Waals surface area contributed by atoms with Gasteiger partial charge in [-0.05, 0) is 54.3 Å². The molecule has 3 aromatic rings. The Bertz CT molecular complexity index is 848. The van der Waals surface area contributed by atoms with E-state index in [0.29, 0.717) is 12.2 Å². The molecule has 0 bridgehead atoms. The van der Waals surface area contributed by atoms with Crippen molar-refractivity contribution in [3.8, 4) is 16.2 Å². The van der Waals surface area contributed by atoms with Crippen molar-refractivity contribution in [2.24, 2.45) is 0 Å². The first-order chi connectivity index (χ1) is 11.7. The highest BCUT2D eigenvalue weighted by Crippen LogP contribution is 2.30. The van der Waals surface area contributed by atoms with Crippen LogP contribution in [0.4, 0.5) is 0 Å². The lowest BCUT2D eigenvalue weighted by atomic mass is 10.1. The van der Waals surface area contributed by atoms with E-state index >= 15 is 0 Å². The van der Waals surface area contributed by atoms with E-state index in [4.69, 9.17) is 17.0 Å². The van der Waals surface area contributed by atoms with E-state index in [1.54, 1.807) is 20.7 Å². The molecular formula is C19H16O2S3. The summed E-state index contributed by atoms with van der Waals surface area (Å²) in [5.41, 5.74) is 2.34. The maximum atomic E-state index is 11.9. The number of esters is 1. The van der Waals surface area contributed by atoms with Gasteiger partial charge in [0.15, 0.2) is 0 Å². The van der Waals surface area contributed by atoms with Crippen LogP contribution in [-0.2, 0) is 11.2 Å². The van der Waals surface area contributed by atoms with Gasteiger partial charge in [0.25, 0.3) is 0 Å². The minimum atomic E-state index is -0.190. The van der Waals surface area contributed by atoms with E-state index in [1.165, 1.54) is 5.56 Å². The summed E-state index contributed by atoms with van der Waals surface area (Å²) in [6, 6.07) is 19.7. The Morgan fingerprint density at radius 3 is 2.42 bits per heavy atom. The van der Waals surface area contributed by atoms with Crippen LogP contribution in [0.1, 0.15) is 18.4 Å². The van der Waals surface area contributed by atoms with Crippen molar-refractivity contribution in [3.63, 3.8) is 0 Å². The molecule has 0 radical (unpaired) electrons. The van der Waals surface area contributed by atoms with Gasteiger partial charge in [0, 0.05) is 11.3 Å². The van der Waals surface area contributed by atoms with Gasteiger partial charge in [-0.1, -0.05) is 63.2 Å². The summed E-state index contributed by atoms with van der Waals surface area (Å²) in [5, 5.41) is 0. The average Bonchev–Trinajstić information content (AvgIpc) is 3.03. The van der Waals surface area contributed by atoms with Crippen molar-refractivity contribution in [1.29, 1.82) is 0 Å². The molecule has 0 aliphatic rings. The van der Waals surface area contributed by atoms with Gasteiger partial charge in [-0.25, -0.2) is 0 Å². The summed E-state index contributed by atoms with van der Waals surface area (Å²) in [5.74, 6) is 0.396. The highest BCUT2D eigenvalue weighted by molar-refractivity contribution is 7.80. The van der Waals surface area contributed by atoms with E-state index < -0.39 is 0 Å². The van der Waals surface area contributed by atoms with Gasteiger partial charge in [-0.2, -0.15) is 0 Å². The molecule has 1 heterocycles. The van der Waals surface area contributed by atoms with Crippen molar-refractivity contribution < 1.29 is 9.53 Å². The SMILES string of the molecule is O=C(CCCc1ccccc1)Oc1ccc(-c2cc(=S)ss2)cc1. The molecule has 0 saturated heterocycles. The topological polar surface area (TPSA) is 26.3 Å². The molecule has 0 amide bonds. The van der Waals surface area contributed by atoms with Gasteiger partial charge >= 0.3 is 5.97 Å². The number of hydrogen-bond acceptors (Lipinski definition) is 5. The second-order valence-electron chi connectivity index (χ2n) is 5.33. The van der Waals surface area contributed by atoms with Gasteiger partial charge < -0.3 is 4.74 Å². The lowest BCUT2D eigenvalue weighted by Crippen LogP contribution is -2.08. The Morgan fingerprint density at radius 2 is 1.75 bits per heavy atom. The Morgan fingerprint density at radius 1 is 1.00 bits per heavy atom. The standard InChI is InChI=1S/C19H16O2S3/c20-18(8-4-7-14-5-2-1-3-6-14)21-16-11-9-15(10-12-16)17-13-19(22)24-23-17/h1-3,5-6,9-13H,4,7-8H2. The third kappa shape index (κ3) is 4.84. The molecule has 0 atom stereocenters. The normalized spacial score (nSPS) is 10.5. The maximum Gasteiger partial charge on any atom is 0.311 e. The van der Waals surface area contributed by atoms with Gasteiger partial charge in [-0.3, -0.25) is 4.79 Å². The molecule has 3 rings (SSSR count). The van der Waals surface area contributed by atoms with Crippen molar-refractivity contribution in [3.05, 3.63) is 70.1 Å². The highest BCUT2D eigenvalue weighted by Gasteiger charge is 2.06. The van der Waals surface area contributed by atoms with Crippen LogP contribution in [0.2, 0.25) is 0 Å². The summed E-state index contributed by atoms with van der Waals surface area (Å²) >= 11 is 5.15. The van der Waals surface area contributed by atoms with Crippen LogP contribution in [0.15, 0.2) is 60.7 Å². The fourth-order valence-corrected chi connectivity index (χ4v) is 4.73. The van der Waals surface area contributed by atoms with Crippen LogP contribution < -0.4 is 4.74 Å². The summed E-state index contributed by atoms with van der Waals surface area (Å²) in [4.78, 5) is 13.1. The van der Waals surface area contributed by atoms with Gasteiger partial charge in [-0.15, -0.1) is 0 Å². The first-order valence-corrected chi connectivity index (χ1v) is 10.2. The number of rotatable bonds is 6. The molecule has 0 spiro atoms. The first kappa shape index (κ1) is 17.0. The van der Waals surface area contributed by atoms with Crippen molar-refractivity contribution >= 4 is 38.9 Å². The molecule has 0 N–H and O–H groups in total. The van der Waals surface area contributed by atoms with Crippen LogP contribution in [0.25, 0.3) is 10.4 Å². The second-order valence-corrected chi connectivity index (χ2v) is 8.24. The Kier molecular flexibility index (Phi) is 5.91. The molecule has 0 aliphatic heterocycles. The molecule has 24 heavy (non-hydrogen) atoms. The monoisotopic (exact) mass is 372 g/mol. The van der Waals surface area contributed by atoms with Gasteiger partial charge in [0.2, 0.25) is 0 Å². The van der Waals surface area contributed by atoms with E-state index in [0.717, 1.165) is 27.1 Å². The van der Waals surface area contributed by atoms with Crippen LogP contribution in [0, 0.1) is 3.82 Å². The smallest absolute Gasteiger partial charge is 0.311 e. The molecular weight excluding hydrogens is 356 g/mol. The third-order valence-corrected chi connectivity index (χ3v) is 6.43. The third-order valence-electron chi connectivity index (χ3n) is 3.52. The highest BCUT2D eigenvalue weighted by atomic mass is 32.9. The number of carbonyl (C=O) groups excluding carboxylic acids is 1. The number of hydrogen-bond donors (Lipinski definition) is 0. The Labute approximate surface area is 153 Å². The fourth-order valence-electron chi connectivity index (χ4n) is 2.32. The van der Waals surface area contributed by atoms with Crippen molar-refractivity contribution in [1.82, 2.24) is 0 Å². The van der Waals surface area contributed by atoms with Crippen LogP contribution >= 0.6 is 32.9 Å². The molecule has 1 aromatic heterocycles. The summed E-state index contributed by atoms with van der Waals surface area (Å²) in [6.07, 6.45) is 2.10. The molecule has 122 valence electrons. The maximum absolute atomic E-state index is 11.9. The largest absolute Gasteiger partial charge is 0.427 e. The fraction of sp³-hybridized carbons (Fsp3) is 0.158. The summed E-state index contributed by atoms with van der Waals surface area (Å²) < 4.78 is 6.29. The Balaban J connectivity index is 1.50. The quantitative estimate of drug-likeness (QED) is 0.225. The molecule has 5 heteroatoms. The van der Waals surface area contributed by atoms with E-state index in [1.807, 2.05) is 48.5 Å². The predicted octanol–water partition coefficient (Wildman–Crippen LogP) is 6.13. The van der Waals surface area contributed by atoms with Crippen LogP contribution in [-0.4, -0.2) is 5.97 Å². The van der Waals surface area contributed by atoms with E-state index in [-0.39, 0.29) is 5.97 Å². The number of benzene rings is 2. The predicted molar refractivity (Wildman–Crippen MR) is 103 cm³/mol. The van der Waals surface area contributed by atoms with Crippen LogP contribution in [0.3, 0.4) is 0 Å². The second kappa shape index (κ2) is 8.33. The number of ether oxygens (including phenoxy) is 1. The molecule has 0 aliphatic carbocycles. The van der Waals surface area contributed by atoms with Gasteiger partial charge in [0.05, 0.1) is 0 Å². The van der Waals surface area contributed by atoms with Crippen LogP contribution in [0.5, 0.6) is 5.75 Å².